The SMILES string of the molecule is CNCC1CCCCN1C(=O)c1ccc(C)cc1Cl. The summed E-state index contributed by atoms with van der Waals surface area (Å²) in [5.41, 5.74) is 1.70. The number of hydrogen-bond donors (Lipinski definition) is 1. The third kappa shape index (κ3) is 3.28. The molecule has 1 heterocycles. The molecule has 4 heteroatoms. The minimum Gasteiger partial charge on any atom is -0.334 e. The molecule has 0 radical (unpaired) electrons. The number of nitrogens with one attached hydrogen (secondary N) is 1. The highest BCUT2D eigenvalue weighted by molar-refractivity contribution is 6.33. The zero-order valence-corrected chi connectivity index (χ0v) is 12.3. The zero-order chi connectivity index (χ0) is 13.8. The fourth-order valence-electron chi connectivity index (χ4n) is 2.66. The summed E-state index contributed by atoms with van der Waals surface area (Å²) in [6.07, 6.45) is 3.34. The van der Waals surface area contributed by atoms with E-state index in [1.165, 1.54) is 6.42 Å². The Bertz CT molecular complexity index is 459. The summed E-state index contributed by atoms with van der Waals surface area (Å²) in [6, 6.07) is 5.91. The summed E-state index contributed by atoms with van der Waals surface area (Å²) in [5, 5.41) is 3.73. The lowest BCUT2D eigenvalue weighted by atomic mass is 10.0. The molecule has 19 heavy (non-hydrogen) atoms. The van der Waals surface area contributed by atoms with Crippen LogP contribution in [0.2, 0.25) is 5.02 Å². The number of piperidine rings is 1. The van der Waals surface area contributed by atoms with Crippen LogP contribution >= 0.6 is 11.6 Å². The number of nitrogens with zero attached hydrogens (tertiary/aromatic N) is 1. The van der Waals surface area contributed by atoms with E-state index in [-0.39, 0.29) is 11.9 Å². The van der Waals surface area contributed by atoms with Crippen LogP contribution in [0.15, 0.2) is 18.2 Å². The van der Waals surface area contributed by atoms with Gasteiger partial charge in [-0.3, -0.25) is 4.79 Å². The second-order valence-corrected chi connectivity index (χ2v) is 5.60. The van der Waals surface area contributed by atoms with Crippen LogP contribution in [0.5, 0.6) is 0 Å². The lowest BCUT2D eigenvalue weighted by Crippen LogP contribution is -2.48. The van der Waals surface area contributed by atoms with Crippen molar-refractivity contribution in [3.05, 3.63) is 34.3 Å². The Morgan fingerprint density at radius 3 is 2.95 bits per heavy atom. The van der Waals surface area contributed by atoms with Gasteiger partial charge >= 0.3 is 0 Å². The highest BCUT2D eigenvalue weighted by atomic mass is 35.5. The van der Waals surface area contributed by atoms with Gasteiger partial charge in [0, 0.05) is 19.1 Å². The number of benzene rings is 1. The first-order valence-electron chi connectivity index (χ1n) is 6.85. The topological polar surface area (TPSA) is 32.3 Å². The van der Waals surface area contributed by atoms with Crippen LogP contribution in [-0.4, -0.2) is 37.0 Å². The molecule has 1 aliphatic rings. The van der Waals surface area contributed by atoms with Crippen molar-refractivity contribution in [2.75, 3.05) is 20.1 Å². The third-order valence-corrected chi connectivity index (χ3v) is 4.00. The number of likely N-dealkylation sites (N-methyl/N-ethyl adjacent to an activating group) is 1. The number of hydrogen-bond acceptors (Lipinski definition) is 2. The van der Waals surface area contributed by atoms with Crippen LogP contribution in [-0.2, 0) is 0 Å². The molecule has 1 amide bonds. The molecule has 1 aromatic rings. The fraction of sp³-hybridized carbons (Fsp3) is 0.533. The Balaban J connectivity index is 2.21. The van der Waals surface area contributed by atoms with Crippen LogP contribution in [0.4, 0.5) is 0 Å². The molecule has 1 saturated heterocycles. The summed E-state index contributed by atoms with van der Waals surface area (Å²) in [4.78, 5) is 14.6. The smallest absolute Gasteiger partial charge is 0.255 e. The number of amides is 1. The van der Waals surface area contributed by atoms with Gasteiger partial charge in [-0.15, -0.1) is 0 Å². The Morgan fingerprint density at radius 1 is 1.47 bits per heavy atom. The molecule has 3 nitrogen and oxygen atoms in total. The molecule has 1 aliphatic heterocycles. The molecule has 1 N–H and O–H groups in total. The van der Waals surface area contributed by atoms with E-state index in [1.807, 2.05) is 37.1 Å². The van der Waals surface area contributed by atoms with Gasteiger partial charge in [-0.1, -0.05) is 17.7 Å². The van der Waals surface area contributed by atoms with Gasteiger partial charge in [0.1, 0.15) is 0 Å². The van der Waals surface area contributed by atoms with E-state index in [2.05, 4.69) is 5.32 Å². The summed E-state index contributed by atoms with van der Waals surface area (Å²) in [7, 11) is 1.93. The van der Waals surface area contributed by atoms with Crippen LogP contribution < -0.4 is 5.32 Å². The highest BCUT2D eigenvalue weighted by Crippen LogP contribution is 2.24. The normalized spacial score (nSPS) is 19.5. The Hall–Kier alpha value is -1.06. The second kappa shape index (κ2) is 6.40. The fourth-order valence-corrected chi connectivity index (χ4v) is 2.98. The van der Waals surface area contributed by atoms with E-state index >= 15 is 0 Å². The lowest BCUT2D eigenvalue weighted by Gasteiger charge is -2.36. The van der Waals surface area contributed by atoms with E-state index < -0.39 is 0 Å². The maximum atomic E-state index is 12.6. The first-order valence-corrected chi connectivity index (χ1v) is 7.23. The molecule has 0 aromatic heterocycles. The molecule has 1 aromatic carbocycles. The quantitative estimate of drug-likeness (QED) is 0.923. The van der Waals surface area contributed by atoms with E-state index in [1.54, 1.807) is 0 Å². The molecule has 2 rings (SSSR count). The van der Waals surface area contributed by atoms with Crippen molar-refractivity contribution in [2.45, 2.75) is 32.2 Å². The number of aryl methyl sites for hydroxylation is 1. The number of likely N-dealkylation sites (tertiary alicyclic amines) is 1. The molecule has 104 valence electrons. The van der Waals surface area contributed by atoms with E-state index in [4.69, 9.17) is 11.6 Å². The van der Waals surface area contributed by atoms with Crippen molar-refractivity contribution < 1.29 is 4.79 Å². The van der Waals surface area contributed by atoms with Crippen molar-refractivity contribution in [1.82, 2.24) is 10.2 Å². The Morgan fingerprint density at radius 2 is 2.26 bits per heavy atom. The molecule has 1 unspecified atom stereocenters. The number of carbonyl (C=O) groups is 1. The maximum absolute atomic E-state index is 12.6. The number of rotatable bonds is 3. The van der Waals surface area contributed by atoms with Crippen molar-refractivity contribution in [3.8, 4) is 0 Å². The number of carbonyl (C=O) groups excluding carboxylic acids is 1. The number of halogens is 1. The summed E-state index contributed by atoms with van der Waals surface area (Å²) in [6.45, 7) is 3.65. The predicted molar refractivity (Wildman–Crippen MR) is 78.8 cm³/mol. The van der Waals surface area contributed by atoms with Gasteiger partial charge in [-0.05, 0) is 50.9 Å². The van der Waals surface area contributed by atoms with Crippen molar-refractivity contribution in [2.24, 2.45) is 0 Å². The maximum Gasteiger partial charge on any atom is 0.255 e. The average Bonchev–Trinajstić information content (AvgIpc) is 2.39. The van der Waals surface area contributed by atoms with Gasteiger partial charge in [0.15, 0.2) is 0 Å². The predicted octanol–water partition coefficient (Wildman–Crippen LogP) is 2.86. The summed E-state index contributed by atoms with van der Waals surface area (Å²) < 4.78 is 0. The summed E-state index contributed by atoms with van der Waals surface area (Å²) >= 11 is 6.21. The lowest BCUT2D eigenvalue weighted by molar-refractivity contribution is 0.0615. The van der Waals surface area contributed by atoms with Gasteiger partial charge in [0.05, 0.1) is 10.6 Å². The van der Waals surface area contributed by atoms with Crippen LogP contribution in [0.1, 0.15) is 35.2 Å². The van der Waals surface area contributed by atoms with E-state index in [9.17, 15) is 4.79 Å². The van der Waals surface area contributed by atoms with Crippen molar-refractivity contribution in [1.29, 1.82) is 0 Å². The molecule has 0 aliphatic carbocycles. The Labute approximate surface area is 119 Å². The minimum absolute atomic E-state index is 0.0601. The molecule has 1 atom stereocenters. The Kier molecular flexibility index (Phi) is 4.83. The van der Waals surface area contributed by atoms with Crippen LogP contribution in [0.25, 0.3) is 0 Å². The monoisotopic (exact) mass is 280 g/mol. The zero-order valence-electron chi connectivity index (χ0n) is 11.6. The van der Waals surface area contributed by atoms with Crippen molar-refractivity contribution >= 4 is 17.5 Å². The van der Waals surface area contributed by atoms with Gasteiger partial charge in [0.2, 0.25) is 0 Å². The molecule has 0 bridgehead atoms. The molecular weight excluding hydrogens is 260 g/mol. The molecular formula is C15H21ClN2O. The van der Waals surface area contributed by atoms with Crippen LogP contribution in [0.3, 0.4) is 0 Å². The highest BCUT2D eigenvalue weighted by Gasteiger charge is 2.27. The first-order chi connectivity index (χ1) is 9.13. The first kappa shape index (κ1) is 14.4. The van der Waals surface area contributed by atoms with Gasteiger partial charge < -0.3 is 10.2 Å². The standard InChI is InChI=1S/C15H21ClN2O/c1-11-6-7-13(14(16)9-11)15(19)18-8-4-3-5-12(18)10-17-2/h6-7,9,12,17H,3-5,8,10H2,1-2H3. The molecule has 1 fully saturated rings. The van der Waals surface area contributed by atoms with Gasteiger partial charge in [-0.2, -0.15) is 0 Å². The second-order valence-electron chi connectivity index (χ2n) is 5.19. The molecule has 0 spiro atoms. The van der Waals surface area contributed by atoms with Gasteiger partial charge in [-0.25, -0.2) is 0 Å². The third-order valence-electron chi connectivity index (χ3n) is 3.68. The van der Waals surface area contributed by atoms with Gasteiger partial charge in [0.25, 0.3) is 5.91 Å². The molecule has 0 saturated carbocycles. The van der Waals surface area contributed by atoms with Crippen LogP contribution in [0, 0.1) is 6.92 Å². The summed E-state index contributed by atoms with van der Waals surface area (Å²) in [5.74, 6) is 0.0601. The van der Waals surface area contributed by atoms with E-state index in [0.29, 0.717) is 10.6 Å². The van der Waals surface area contributed by atoms with Crippen molar-refractivity contribution in [3.63, 3.8) is 0 Å². The van der Waals surface area contributed by atoms with E-state index in [0.717, 1.165) is 31.5 Å². The largest absolute Gasteiger partial charge is 0.334 e. The minimum atomic E-state index is 0.0601. The average molecular weight is 281 g/mol.